The Morgan fingerprint density at radius 1 is 1.25 bits per heavy atom. The van der Waals surface area contributed by atoms with Crippen molar-refractivity contribution in [3.05, 3.63) is 47.6 Å². The molecular weight excluding hydrogens is 318 g/mol. The van der Waals surface area contributed by atoms with Crippen molar-refractivity contribution in [1.29, 1.82) is 0 Å². The number of rotatable bonds is 4. The summed E-state index contributed by atoms with van der Waals surface area (Å²) in [7, 11) is 0. The van der Waals surface area contributed by atoms with Gasteiger partial charge in [0.25, 0.3) is 5.91 Å². The third kappa shape index (κ3) is 3.08. The number of nitrogens with one attached hydrogen (secondary N) is 1. The van der Waals surface area contributed by atoms with Gasteiger partial charge in [-0.3, -0.25) is 10.1 Å². The number of benzene rings is 1. The van der Waals surface area contributed by atoms with Gasteiger partial charge in [0.15, 0.2) is 5.13 Å². The molecule has 4 rings (SSSR count). The third-order valence-corrected chi connectivity index (χ3v) is 5.55. The van der Waals surface area contributed by atoms with Gasteiger partial charge < -0.3 is 4.57 Å². The van der Waals surface area contributed by atoms with Crippen molar-refractivity contribution in [2.45, 2.75) is 38.6 Å². The molecule has 0 aliphatic heterocycles. The number of hydrogen-bond donors (Lipinski definition) is 1. The van der Waals surface area contributed by atoms with Gasteiger partial charge in [0.2, 0.25) is 0 Å². The lowest BCUT2D eigenvalue weighted by molar-refractivity contribution is 0.102. The molecule has 2 aromatic heterocycles. The van der Waals surface area contributed by atoms with Gasteiger partial charge >= 0.3 is 0 Å². The van der Waals surface area contributed by atoms with Crippen LogP contribution in [0.25, 0.3) is 10.9 Å². The van der Waals surface area contributed by atoms with Gasteiger partial charge in [0.05, 0.1) is 5.56 Å². The Hall–Kier alpha value is -2.14. The van der Waals surface area contributed by atoms with Crippen molar-refractivity contribution in [1.82, 2.24) is 9.55 Å². The van der Waals surface area contributed by atoms with E-state index in [1.165, 1.54) is 43.4 Å². The second-order valence-electron chi connectivity index (χ2n) is 6.51. The molecular formula is C19H21N3OS. The van der Waals surface area contributed by atoms with Gasteiger partial charge in [-0.2, -0.15) is 0 Å². The number of nitrogens with zero attached hydrogens (tertiary/aromatic N) is 2. The predicted molar refractivity (Wildman–Crippen MR) is 98.6 cm³/mol. The molecule has 0 bridgehead atoms. The zero-order valence-electron chi connectivity index (χ0n) is 13.6. The van der Waals surface area contributed by atoms with Gasteiger partial charge in [-0.1, -0.05) is 37.5 Å². The maximum atomic E-state index is 12.7. The highest BCUT2D eigenvalue weighted by atomic mass is 32.1. The first-order valence-corrected chi connectivity index (χ1v) is 9.48. The van der Waals surface area contributed by atoms with E-state index < -0.39 is 0 Å². The fourth-order valence-electron chi connectivity index (χ4n) is 3.68. The Morgan fingerprint density at radius 2 is 2.08 bits per heavy atom. The molecule has 0 saturated heterocycles. The van der Waals surface area contributed by atoms with E-state index in [0.717, 1.165) is 28.9 Å². The summed E-state index contributed by atoms with van der Waals surface area (Å²) >= 11 is 1.44. The summed E-state index contributed by atoms with van der Waals surface area (Å²) in [4.78, 5) is 16.8. The Labute approximate surface area is 145 Å². The molecule has 1 amide bonds. The lowest BCUT2D eigenvalue weighted by Crippen LogP contribution is -2.14. The summed E-state index contributed by atoms with van der Waals surface area (Å²) in [6, 6.07) is 8.18. The maximum Gasteiger partial charge on any atom is 0.259 e. The highest BCUT2D eigenvalue weighted by molar-refractivity contribution is 7.13. The molecule has 0 unspecified atom stereocenters. The number of carbonyl (C=O) groups excluding carboxylic acids is 1. The molecule has 0 radical (unpaired) electrons. The minimum absolute atomic E-state index is 0.0801. The van der Waals surface area contributed by atoms with Crippen LogP contribution in [-0.4, -0.2) is 15.5 Å². The first-order chi connectivity index (χ1) is 11.8. The summed E-state index contributed by atoms with van der Waals surface area (Å²) in [5.74, 6) is 0.646. The Kier molecular flexibility index (Phi) is 4.34. The number of thiazole rings is 1. The lowest BCUT2D eigenvalue weighted by atomic mass is 9.89. The third-order valence-electron chi connectivity index (χ3n) is 4.87. The molecule has 1 aliphatic carbocycles. The first-order valence-electron chi connectivity index (χ1n) is 8.60. The molecule has 1 aliphatic rings. The zero-order chi connectivity index (χ0) is 16.4. The quantitative estimate of drug-likeness (QED) is 0.732. The average Bonchev–Trinajstić information content (AvgIpc) is 3.24. The molecule has 1 fully saturated rings. The highest BCUT2D eigenvalue weighted by Gasteiger charge is 2.19. The van der Waals surface area contributed by atoms with Crippen LogP contribution in [0.1, 0.15) is 42.5 Å². The largest absolute Gasteiger partial charge is 0.346 e. The van der Waals surface area contributed by atoms with Crippen LogP contribution in [0.15, 0.2) is 42.0 Å². The number of carbonyl (C=O) groups is 1. The number of para-hydroxylation sites is 1. The Morgan fingerprint density at radius 3 is 2.88 bits per heavy atom. The van der Waals surface area contributed by atoms with E-state index in [0.29, 0.717) is 5.13 Å². The molecule has 0 atom stereocenters. The molecule has 4 nitrogen and oxygen atoms in total. The van der Waals surface area contributed by atoms with E-state index in [4.69, 9.17) is 0 Å². The SMILES string of the molecule is O=C(Nc1nccs1)c1cn(CC2CCCCC2)c2ccccc12. The van der Waals surface area contributed by atoms with Crippen LogP contribution < -0.4 is 5.32 Å². The lowest BCUT2D eigenvalue weighted by Gasteiger charge is -2.22. The van der Waals surface area contributed by atoms with Crippen molar-refractivity contribution in [3.63, 3.8) is 0 Å². The van der Waals surface area contributed by atoms with Gasteiger partial charge in [-0.25, -0.2) is 4.98 Å². The van der Waals surface area contributed by atoms with Crippen molar-refractivity contribution >= 4 is 33.3 Å². The molecule has 5 heteroatoms. The Bertz CT molecular complexity index is 832. The molecule has 124 valence electrons. The molecule has 2 heterocycles. The maximum absolute atomic E-state index is 12.7. The summed E-state index contributed by atoms with van der Waals surface area (Å²) < 4.78 is 2.27. The number of amides is 1. The topological polar surface area (TPSA) is 46.9 Å². The highest BCUT2D eigenvalue weighted by Crippen LogP contribution is 2.29. The fourth-order valence-corrected chi connectivity index (χ4v) is 4.20. The molecule has 0 spiro atoms. The second kappa shape index (κ2) is 6.77. The van der Waals surface area contributed by atoms with Crippen LogP contribution in [0, 0.1) is 5.92 Å². The van der Waals surface area contributed by atoms with E-state index >= 15 is 0 Å². The summed E-state index contributed by atoms with van der Waals surface area (Å²) in [6.07, 6.45) is 10.3. The number of hydrogen-bond acceptors (Lipinski definition) is 3. The van der Waals surface area contributed by atoms with Gasteiger partial charge in [0, 0.05) is 35.2 Å². The van der Waals surface area contributed by atoms with E-state index in [9.17, 15) is 4.79 Å². The minimum atomic E-state index is -0.0801. The standard InChI is InChI=1S/C19H21N3OS/c23-18(21-19-20-10-11-24-19)16-13-22(12-14-6-2-1-3-7-14)17-9-5-4-8-15(16)17/h4-5,8-11,13-14H,1-3,6-7,12H2,(H,20,21,23). The van der Waals surface area contributed by atoms with E-state index in [1.54, 1.807) is 6.20 Å². The van der Waals surface area contributed by atoms with Gasteiger partial charge in [-0.05, 0) is 24.8 Å². The number of anilines is 1. The van der Waals surface area contributed by atoms with Crippen molar-refractivity contribution in [3.8, 4) is 0 Å². The smallest absolute Gasteiger partial charge is 0.259 e. The number of fused-ring (bicyclic) bond motifs is 1. The summed E-state index contributed by atoms with van der Waals surface area (Å²) in [5.41, 5.74) is 1.88. The van der Waals surface area contributed by atoms with Crippen molar-refractivity contribution < 1.29 is 4.79 Å². The summed E-state index contributed by atoms with van der Waals surface area (Å²) in [5, 5.41) is 6.42. The van der Waals surface area contributed by atoms with Crippen LogP contribution >= 0.6 is 11.3 Å². The van der Waals surface area contributed by atoms with E-state index in [2.05, 4.69) is 20.9 Å². The van der Waals surface area contributed by atoms with E-state index in [1.807, 2.05) is 29.8 Å². The van der Waals surface area contributed by atoms with Crippen molar-refractivity contribution in [2.75, 3.05) is 5.32 Å². The van der Waals surface area contributed by atoms with Gasteiger partial charge in [-0.15, -0.1) is 11.3 Å². The Balaban J connectivity index is 1.64. The second-order valence-corrected chi connectivity index (χ2v) is 7.40. The normalized spacial score (nSPS) is 15.7. The van der Waals surface area contributed by atoms with Crippen LogP contribution in [0.4, 0.5) is 5.13 Å². The van der Waals surface area contributed by atoms with Crippen LogP contribution in [0.3, 0.4) is 0 Å². The predicted octanol–water partition coefficient (Wildman–Crippen LogP) is 4.93. The van der Waals surface area contributed by atoms with Crippen LogP contribution in [0.5, 0.6) is 0 Å². The minimum Gasteiger partial charge on any atom is -0.346 e. The first kappa shape index (κ1) is 15.4. The molecule has 3 aromatic rings. The molecule has 1 saturated carbocycles. The number of aromatic nitrogens is 2. The fraction of sp³-hybridized carbons (Fsp3) is 0.368. The van der Waals surface area contributed by atoms with Gasteiger partial charge in [0.1, 0.15) is 0 Å². The molecule has 1 aromatic carbocycles. The van der Waals surface area contributed by atoms with Crippen molar-refractivity contribution in [2.24, 2.45) is 5.92 Å². The molecule has 24 heavy (non-hydrogen) atoms. The molecule has 1 N–H and O–H groups in total. The van der Waals surface area contributed by atoms with E-state index in [-0.39, 0.29) is 5.91 Å². The van der Waals surface area contributed by atoms with Crippen LogP contribution in [-0.2, 0) is 6.54 Å². The average molecular weight is 339 g/mol. The monoisotopic (exact) mass is 339 g/mol. The van der Waals surface area contributed by atoms with Crippen LogP contribution in [0.2, 0.25) is 0 Å². The zero-order valence-corrected chi connectivity index (χ0v) is 14.4. The summed E-state index contributed by atoms with van der Waals surface area (Å²) in [6.45, 7) is 1.01.